The van der Waals surface area contributed by atoms with Gasteiger partial charge in [0.05, 0.1) is 5.52 Å². The third-order valence-corrected chi connectivity index (χ3v) is 2.51. The van der Waals surface area contributed by atoms with Crippen LogP contribution in [-0.4, -0.2) is 20.0 Å². The van der Waals surface area contributed by atoms with Gasteiger partial charge >= 0.3 is 5.35 Å². The zero-order valence-corrected chi connectivity index (χ0v) is 9.14. The Morgan fingerprint density at radius 2 is 2.06 bits per heavy atom. The molecule has 0 aliphatic heterocycles. The van der Waals surface area contributed by atoms with Crippen molar-refractivity contribution in [3.8, 4) is 11.6 Å². The number of nitrogens with zero attached hydrogens (tertiary/aromatic N) is 4. The van der Waals surface area contributed by atoms with E-state index >= 15 is 0 Å². The van der Waals surface area contributed by atoms with E-state index in [-0.39, 0.29) is 5.35 Å². The standard InChI is InChI=1S/C10H7ClN4O/c1-15-7-5-3-2-4-6(7)8(14-15)9-12-13-10(11)16-9/h2-5H,1H3. The summed E-state index contributed by atoms with van der Waals surface area (Å²) in [6.45, 7) is 0. The Morgan fingerprint density at radius 3 is 2.81 bits per heavy atom. The Balaban J connectivity index is 2.32. The molecule has 3 aromatic rings. The molecule has 2 heterocycles. The lowest BCUT2D eigenvalue weighted by molar-refractivity contribution is 0.567. The van der Waals surface area contributed by atoms with Gasteiger partial charge in [-0.1, -0.05) is 23.3 Å². The van der Waals surface area contributed by atoms with Crippen LogP contribution in [0.3, 0.4) is 0 Å². The molecular weight excluding hydrogens is 228 g/mol. The Bertz CT molecular complexity index is 658. The highest BCUT2D eigenvalue weighted by Gasteiger charge is 2.15. The van der Waals surface area contributed by atoms with Gasteiger partial charge in [0.2, 0.25) is 0 Å². The predicted molar refractivity (Wildman–Crippen MR) is 59.0 cm³/mol. The van der Waals surface area contributed by atoms with Crippen LogP contribution < -0.4 is 0 Å². The average molecular weight is 235 g/mol. The van der Waals surface area contributed by atoms with Gasteiger partial charge in [-0.3, -0.25) is 4.68 Å². The Hall–Kier alpha value is -1.88. The number of para-hydroxylation sites is 1. The van der Waals surface area contributed by atoms with Crippen LogP contribution in [0.1, 0.15) is 0 Å². The van der Waals surface area contributed by atoms with Crippen molar-refractivity contribution in [2.75, 3.05) is 0 Å². The van der Waals surface area contributed by atoms with Crippen molar-refractivity contribution in [1.29, 1.82) is 0 Å². The first-order valence-corrected chi connectivity index (χ1v) is 5.04. The number of rotatable bonds is 1. The normalized spacial score (nSPS) is 11.1. The van der Waals surface area contributed by atoms with Crippen LogP contribution in [0.15, 0.2) is 28.7 Å². The maximum absolute atomic E-state index is 5.59. The lowest BCUT2D eigenvalue weighted by atomic mass is 10.2. The maximum atomic E-state index is 5.59. The van der Waals surface area contributed by atoms with Crippen LogP contribution in [0.5, 0.6) is 0 Å². The van der Waals surface area contributed by atoms with E-state index in [9.17, 15) is 0 Å². The Labute approximate surface area is 95.6 Å². The van der Waals surface area contributed by atoms with Gasteiger partial charge in [0, 0.05) is 12.4 Å². The molecule has 0 saturated carbocycles. The minimum Gasteiger partial charge on any atom is -0.406 e. The summed E-state index contributed by atoms with van der Waals surface area (Å²) in [6, 6.07) is 7.82. The summed E-state index contributed by atoms with van der Waals surface area (Å²) in [6.07, 6.45) is 0. The SMILES string of the molecule is Cn1nc(-c2nnc(Cl)o2)c2ccccc21. The lowest BCUT2D eigenvalue weighted by Gasteiger charge is -1.90. The van der Waals surface area contributed by atoms with Crippen LogP contribution in [0.4, 0.5) is 0 Å². The van der Waals surface area contributed by atoms with E-state index < -0.39 is 0 Å². The molecule has 1 aromatic carbocycles. The highest BCUT2D eigenvalue weighted by atomic mass is 35.5. The molecule has 0 radical (unpaired) electrons. The monoisotopic (exact) mass is 234 g/mol. The molecule has 0 saturated heterocycles. The van der Waals surface area contributed by atoms with Crippen molar-refractivity contribution in [2.45, 2.75) is 0 Å². The van der Waals surface area contributed by atoms with Gasteiger partial charge in [-0.2, -0.15) is 5.10 Å². The summed E-state index contributed by atoms with van der Waals surface area (Å²) in [4.78, 5) is 0. The van der Waals surface area contributed by atoms with Crippen molar-refractivity contribution in [1.82, 2.24) is 20.0 Å². The van der Waals surface area contributed by atoms with Crippen LogP contribution in [0.2, 0.25) is 5.35 Å². The fourth-order valence-corrected chi connectivity index (χ4v) is 1.78. The third-order valence-electron chi connectivity index (χ3n) is 2.36. The maximum Gasteiger partial charge on any atom is 0.313 e. The predicted octanol–water partition coefficient (Wildman–Crippen LogP) is 2.28. The second-order valence-electron chi connectivity index (χ2n) is 3.35. The number of aryl methyl sites for hydroxylation is 1. The summed E-state index contributed by atoms with van der Waals surface area (Å²) in [5.74, 6) is 0.335. The second kappa shape index (κ2) is 3.31. The topological polar surface area (TPSA) is 56.7 Å². The molecule has 0 fully saturated rings. The summed E-state index contributed by atoms with van der Waals surface area (Å²) in [5.41, 5.74) is 1.66. The fourth-order valence-electron chi connectivity index (χ4n) is 1.67. The van der Waals surface area contributed by atoms with E-state index in [2.05, 4.69) is 15.3 Å². The molecule has 0 atom stereocenters. The van der Waals surface area contributed by atoms with Crippen LogP contribution in [0, 0.1) is 0 Å². The van der Waals surface area contributed by atoms with E-state index in [0.717, 1.165) is 10.9 Å². The molecular formula is C10H7ClN4O. The number of aromatic nitrogens is 4. The zero-order valence-electron chi connectivity index (χ0n) is 8.38. The molecule has 80 valence electrons. The lowest BCUT2D eigenvalue weighted by Crippen LogP contribution is -1.89. The van der Waals surface area contributed by atoms with E-state index in [4.69, 9.17) is 16.0 Å². The molecule has 0 amide bonds. The molecule has 3 rings (SSSR count). The van der Waals surface area contributed by atoms with Gasteiger partial charge in [-0.05, 0) is 17.7 Å². The number of halogens is 1. The second-order valence-corrected chi connectivity index (χ2v) is 3.67. The molecule has 0 aliphatic carbocycles. The molecule has 6 heteroatoms. The number of hydrogen-bond donors (Lipinski definition) is 0. The molecule has 2 aromatic heterocycles. The van der Waals surface area contributed by atoms with Crippen LogP contribution >= 0.6 is 11.6 Å². The van der Waals surface area contributed by atoms with Crippen molar-refractivity contribution < 1.29 is 4.42 Å². The van der Waals surface area contributed by atoms with Gasteiger partial charge in [0.1, 0.15) is 0 Å². The quantitative estimate of drug-likeness (QED) is 0.648. The summed E-state index contributed by atoms with van der Waals surface area (Å²) in [7, 11) is 1.86. The van der Waals surface area contributed by atoms with Crippen LogP contribution in [0.25, 0.3) is 22.5 Å². The first-order chi connectivity index (χ1) is 7.75. The number of fused-ring (bicyclic) bond motifs is 1. The van der Waals surface area contributed by atoms with E-state index in [0.29, 0.717) is 11.6 Å². The molecule has 0 unspecified atom stereocenters. The first-order valence-electron chi connectivity index (χ1n) is 4.67. The van der Waals surface area contributed by atoms with Crippen LogP contribution in [-0.2, 0) is 7.05 Å². The van der Waals surface area contributed by atoms with Gasteiger partial charge in [0.15, 0.2) is 5.69 Å². The van der Waals surface area contributed by atoms with Crippen molar-refractivity contribution >= 4 is 22.5 Å². The van der Waals surface area contributed by atoms with Crippen molar-refractivity contribution in [3.05, 3.63) is 29.6 Å². The van der Waals surface area contributed by atoms with Crippen molar-refractivity contribution in [3.63, 3.8) is 0 Å². The molecule has 0 spiro atoms. The third kappa shape index (κ3) is 1.29. The molecule has 16 heavy (non-hydrogen) atoms. The highest BCUT2D eigenvalue weighted by Crippen LogP contribution is 2.26. The Morgan fingerprint density at radius 1 is 1.25 bits per heavy atom. The van der Waals surface area contributed by atoms with Crippen molar-refractivity contribution in [2.24, 2.45) is 7.05 Å². The largest absolute Gasteiger partial charge is 0.406 e. The summed E-state index contributed by atoms with van der Waals surface area (Å²) >= 11 is 5.59. The molecule has 5 nitrogen and oxygen atoms in total. The van der Waals surface area contributed by atoms with E-state index in [1.54, 1.807) is 4.68 Å². The smallest absolute Gasteiger partial charge is 0.313 e. The average Bonchev–Trinajstić information content (AvgIpc) is 2.84. The van der Waals surface area contributed by atoms with Gasteiger partial charge in [-0.25, -0.2) is 0 Å². The molecule has 0 N–H and O–H groups in total. The summed E-state index contributed by atoms with van der Waals surface area (Å²) < 4.78 is 6.92. The van der Waals surface area contributed by atoms with E-state index in [1.807, 2.05) is 31.3 Å². The van der Waals surface area contributed by atoms with E-state index in [1.165, 1.54) is 0 Å². The summed E-state index contributed by atoms with van der Waals surface area (Å²) in [5, 5.41) is 12.8. The fraction of sp³-hybridized carbons (Fsp3) is 0.100. The van der Waals surface area contributed by atoms with Gasteiger partial charge in [-0.15, -0.1) is 5.10 Å². The highest BCUT2D eigenvalue weighted by molar-refractivity contribution is 6.27. The number of benzene rings is 1. The minimum atomic E-state index is 0.0183. The molecule has 0 aliphatic rings. The first kappa shape index (κ1) is 9.35. The Kier molecular flexibility index (Phi) is 1.94. The number of hydrogen-bond acceptors (Lipinski definition) is 4. The van der Waals surface area contributed by atoms with Gasteiger partial charge in [0.25, 0.3) is 5.89 Å². The molecule has 0 bridgehead atoms. The van der Waals surface area contributed by atoms with Gasteiger partial charge < -0.3 is 4.42 Å². The zero-order chi connectivity index (χ0) is 11.1. The minimum absolute atomic E-state index is 0.0183.